The van der Waals surface area contributed by atoms with E-state index in [1.165, 1.54) is 6.07 Å². The number of hydrogen-bond acceptors (Lipinski definition) is 2. The van der Waals surface area contributed by atoms with Crippen molar-refractivity contribution in [3.8, 4) is 11.1 Å². The zero-order valence-electron chi connectivity index (χ0n) is 14.0. The lowest BCUT2D eigenvalue weighted by Gasteiger charge is -2.19. The first-order valence-corrected chi connectivity index (χ1v) is 7.47. The van der Waals surface area contributed by atoms with Gasteiger partial charge in [-0.05, 0) is 48.2 Å². The highest BCUT2D eigenvalue weighted by atomic mass is 35.5. The van der Waals surface area contributed by atoms with Crippen LogP contribution in [0.1, 0.15) is 34.7 Å². The van der Waals surface area contributed by atoms with Crippen molar-refractivity contribution in [3.05, 3.63) is 58.4 Å². The van der Waals surface area contributed by atoms with Crippen LogP contribution in [0, 0.1) is 19.7 Å². The summed E-state index contributed by atoms with van der Waals surface area (Å²) in [6.07, 6.45) is -5.60. The molecule has 0 fully saturated rings. The number of aryl methyl sites for hydroxylation is 2. The van der Waals surface area contributed by atoms with Gasteiger partial charge in [0, 0.05) is 11.6 Å². The molecule has 0 bridgehead atoms. The van der Waals surface area contributed by atoms with Gasteiger partial charge in [0.25, 0.3) is 0 Å². The average molecular weight is 392 g/mol. The SMILES string of the molecule is Cc1cccc(C)c1-c1cc(C(N)CC(=O)O)c(F)c(C(F)(F)F)c1.Cl. The second kappa shape index (κ2) is 8.05. The number of carboxylic acids is 1. The van der Waals surface area contributed by atoms with Gasteiger partial charge in [-0.2, -0.15) is 13.2 Å². The number of aliphatic carboxylic acids is 1. The lowest BCUT2D eigenvalue weighted by atomic mass is 9.90. The largest absolute Gasteiger partial charge is 0.481 e. The molecule has 0 aliphatic heterocycles. The first-order valence-electron chi connectivity index (χ1n) is 7.47. The maximum Gasteiger partial charge on any atom is 0.419 e. The molecule has 0 saturated carbocycles. The fourth-order valence-corrected chi connectivity index (χ4v) is 2.84. The van der Waals surface area contributed by atoms with E-state index in [0.717, 1.165) is 17.2 Å². The van der Waals surface area contributed by atoms with Crippen LogP contribution in [-0.4, -0.2) is 11.1 Å². The lowest BCUT2D eigenvalue weighted by Crippen LogP contribution is -2.19. The van der Waals surface area contributed by atoms with E-state index in [1.807, 2.05) is 0 Å². The van der Waals surface area contributed by atoms with Gasteiger partial charge in [0.2, 0.25) is 0 Å². The standard InChI is InChI=1S/C18H17F4NO2.ClH/c1-9-4-3-5-10(2)16(9)11-6-12(14(23)8-15(24)25)17(19)13(7-11)18(20,21)22;/h3-7,14H,8,23H2,1-2H3,(H,24,25);1H. The monoisotopic (exact) mass is 391 g/mol. The minimum Gasteiger partial charge on any atom is -0.481 e. The average Bonchev–Trinajstić information content (AvgIpc) is 2.46. The quantitative estimate of drug-likeness (QED) is 0.719. The van der Waals surface area contributed by atoms with Crippen molar-refractivity contribution in [1.82, 2.24) is 0 Å². The Morgan fingerprint density at radius 2 is 1.73 bits per heavy atom. The molecule has 1 unspecified atom stereocenters. The number of nitrogens with two attached hydrogens (primary N) is 1. The Morgan fingerprint density at radius 1 is 1.19 bits per heavy atom. The van der Waals surface area contributed by atoms with Crippen molar-refractivity contribution < 1.29 is 27.5 Å². The van der Waals surface area contributed by atoms with Crippen LogP contribution < -0.4 is 5.73 Å². The molecule has 0 aliphatic rings. The molecule has 3 N–H and O–H groups in total. The first kappa shape index (κ1) is 21.9. The van der Waals surface area contributed by atoms with E-state index < -0.39 is 41.6 Å². The van der Waals surface area contributed by atoms with Gasteiger partial charge in [0.05, 0.1) is 12.0 Å². The summed E-state index contributed by atoms with van der Waals surface area (Å²) in [5.74, 6) is -2.85. The van der Waals surface area contributed by atoms with Crippen LogP contribution >= 0.6 is 12.4 Å². The predicted octanol–water partition coefficient (Wildman–Crippen LogP) is 5.02. The van der Waals surface area contributed by atoms with Crippen molar-refractivity contribution in [3.63, 3.8) is 0 Å². The molecule has 0 saturated heterocycles. The number of alkyl halides is 3. The normalized spacial score (nSPS) is 12.4. The molecule has 0 spiro atoms. The molecule has 1 atom stereocenters. The van der Waals surface area contributed by atoms with Crippen LogP contribution in [0.4, 0.5) is 17.6 Å². The summed E-state index contributed by atoms with van der Waals surface area (Å²) in [6, 6.07) is 5.78. The maximum atomic E-state index is 14.4. The van der Waals surface area contributed by atoms with Crippen LogP contribution in [0.15, 0.2) is 30.3 Å². The highest BCUT2D eigenvalue weighted by molar-refractivity contribution is 5.85. The Labute approximate surface area is 154 Å². The number of benzene rings is 2. The molecule has 2 rings (SSSR count). The van der Waals surface area contributed by atoms with E-state index in [1.54, 1.807) is 32.0 Å². The Kier molecular flexibility index (Phi) is 6.79. The van der Waals surface area contributed by atoms with Crippen LogP contribution in [-0.2, 0) is 11.0 Å². The summed E-state index contributed by atoms with van der Waals surface area (Å²) in [6.45, 7) is 3.46. The number of rotatable bonds is 4. The summed E-state index contributed by atoms with van der Waals surface area (Å²) in [5.41, 5.74) is 5.86. The Bertz CT molecular complexity index is 801. The van der Waals surface area contributed by atoms with Gasteiger partial charge in [-0.25, -0.2) is 4.39 Å². The topological polar surface area (TPSA) is 63.3 Å². The van der Waals surface area contributed by atoms with Crippen LogP contribution in [0.5, 0.6) is 0 Å². The van der Waals surface area contributed by atoms with Gasteiger partial charge in [0.1, 0.15) is 5.82 Å². The van der Waals surface area contributed by atoms with Crippen molar-refractivity contribution in [2.24, 2.45) is 5.73 Å². The Morgan fingerprint density at radius 3 is 2.19 bits per heavy atom. The summed E-state index contributed by atoms with van der Waals surface area (Å²) < 4.78 is 54.1. The van der Waals surface area contributed by atoms with Crippen molar-refractivity contribution >= 4 is 18.4 Å². The van der Waals surface area contributed by atoms with Gasteiger partial charge in [-0.1, -0.05) is 18.2 Å². The summed E-state index contributed by atoms with van der Waals surface area (Å²) >= 11 is 0. The number of carbonyl (C=O) groups is 1. The third kappa shape index (κ3) is 4.53. The van der Waals surface area contributed by atoms with Gasteiger partial charge in [-0.3, -0.25) is 4.79 Å². The fraction of sp³-hybridized carbons (Fsp3) is 0.278. The van der Waals surface area contributed by atoms with E-state index >= 15 is 0 Å². The van der Waals surface area contributed by atoms with Crippen molar-refractivity contribution in [2.75, 3.05) is 0 Å². The molecule has 0 amide bonds. The number of halogens is 5. The van der Waals surface area contributed by atoms with Crippen LogP contribution in [0.3, 0.4) is 0 Å². The molecule has 2 aromatic carbocycles. The zero-order valence-corrected chi connectivity index (χ0v) is 14.8. The predicted molar refractivity (Wildman–Crippen MR) is 92.7 cm³/mol. The van der Waals surface area contributed by atoms with E-state index in [0.29, 0.717) is 5.56 Å². The van der Waals surface area contributed by atoms with Crippen LogP contribution in [0.2, 0.25) is 0 Å². The van der Waals surface area contributed by atoms with E-state index in [2.05, 4.69) is 0 Å². The molecule has 0 radical (unpaired) electrons. The second-order valence-corrected chi connectivity index (χ2v) is 5.90. The Balaban J connectivity index is 0.00000338. The second-order valence-electron chi connectivity index (χ2n) is 5.90. The molecule has 0 heterocycles. The summed E-state index contributed by atoms with van der Waals surface area (Å²) in [4.78, 5) is 10.8. The summed E-state index contributed by atoms with van der Waals surface area (Å²) in [7, 11) is 0. The van der Waals surface area contributed by atoms with E-state index in [4.69, 9.17) is 10.8 Å². The highest BCUT2D eigenvalue weighted by Gasteiger charge is 2.36. The zero-order chi connectivity index (χ0) is 18.9. The highest BCUT2D eigenvalue weighted by Crippen LogP contribution is 2.39. The van der Waals surface area contributed by atoms with Gasteiger partial charge in [0.15, 0.2) is 0 Å². The summed E-state index contributed by atoms with van der Waals surface area (Å²) in [5, 5.41) is 8.82. The molecule has 0 aliphatic carbocycles. The first-order chi connectivity index (χ1) is 11.5. The minimum absolute atomic E-state index is 0. The lowest BCUT2D eigenvalue weighted by molar-refractivity contribution is -0.140. The fourth-order valence-electron chi connectivity index (χ4n) is 2.84. The molecule has 8 heteroatoms. The molecular formula is C18H18ClF4NO2. The van der Waals surface area contributed by atoms with Gasteiger partial charge >= 0.3 is 12.1 Å². The molecular weight excluding hydrogens is 374 g/mol. The van der Waals surface area contributed by atoms with Crippen LogP contribution in [0.25, 0.3) is 11.1 Å². The minimum atomic E-state index is -4.92. The smallest absolute Gasteiger partial charge is 0.419 e. The van der Waals surface area contributed by atoms with Gasteiger partial charge in [-0.15, -0.1) is 12.4 Å². The number of carboxylic acid groups (broad SMARTS) is 1. The molecule has 26 heavy (non-hydrogen) atoms. The third-order valence-electron chi connectivity index (χ3n) is 3.97. The van der Waals surface area contributed by atoms with Gasteiger partial charge < -0.3 is 10.8 Å². The molecule has 2 aromatic rings. The number of hydrogen-bond donors (Lipinski definition) is 2. The molecule has 142 valence electrons. The maximum absolute atomic E-state index is 14.4. The Hall–Kier alpha value is -2.12. The van der Waals surface area contributed by atoms with E-state index in [-0.39, 0.29) is 18.0 Å². The van der Waals surface area contributed by atoms with E-state index in [9.17, 15) is 22.4 Å². The molecule has 3 nitrogen and oxygen atoms in total. The van der Waals surface area contributed by atoms with Crippen molar-refractivity contribution in [1.29, 1.82) is 0 Å². The molecule has 0 aromatic heterocycles. The van der Waals surface area contributed by atoms with Crippen molar-refractivity contribution in [2.45, 2.75) is 32.5 Å². The third-order valence-corrected chi connectivity index (χ3v) is 3.97.